The fraction of sp³-hybridized carbons (Fsp3) is 0.200. The van der Waals surface area contributed by atoms with E-state index < -0.39 is 11.6 Å². The van der Waals surface area contributed by atoms with Crippen LogP contribution in [0.2, 0.25) is 0 Å². The van der Waals surface area contributed by atoms with Gasteiger partial charge in [-0.25, -0.2) is 8.78 Å². The molecule has 0 aliphatic heterocycles. The molecule has 2 rings (SSSR count). The van der Waals surface area contributed by atoms with Crippen LogP contribution in [0.25, 0.3) is 0 Å². The highest BCUT2D eigenvalue weighted by Gasteiger charge is 2.02. The molecule has 6 heteroatoms. The van der Waals surface area contributed by atoms with Crippen LogP contribution in [0.3, 0.4) is 0 Å². The second kappa shape index (κ2) is 5.09. The van der Waals surface area contributed by atoms with Crippen LogP contribution in [-0.2, 0) is 13.1 Å². The average Bonchev–Trinajstić information content (AvgIpc) is 2.76. The van der Waals surface area contributed by atoms with Crippen molar-refractivity contribution in [1.82, 2.24) is 14.9 Å². The van der Waals surface area contributed by atoms with Gasteiger partial charge in [0.1, 0.15) is 0 Å². The number of benzene rings is 1. The van der Waals surface area contributed by atoms with Crippen molar-refractivity contribution in [3.63, 3.8) is 0 Å². The van der Waals surface area contributed by atoms with Gasteiger partial charge < -0.3 is 5.32 Å². The van der Waals surface area contributed by atoms with Crippen LogP contribution in [0.15, 0.2) is 23.6 Å². The summed E-state index contributed by atoms with van der Waals surface area (Å²) in [6, 6.07) is 3.85. The molecule has 0 unspecified atom stereocenters. The SMILES string of the molecule is Fc1ccc(CNCc2csnn2)cc1F. The molecule has 0 saturated carbocycles. The van der Waals surface area contributed by atoms with Crippen LogP contribution < -0.4 is 5.32 Å². The molecule has 84 valence electrons. The van der Waals surface area contributed by atoms with Gasteiger partial charge in [-0.3, -0.25) is 0 Å². The van der Waals surface area contributed by atoms with E-state index in [9.17, 15) is 8.78 Å². The number of hydrogen-bond acceptors (Lipinski definition) is 4. The fourth-order valence-electron chi connectivity index (χ4n) is 1.25. The number of rotatable bonds is 4. The Labute approximate surface area is 95.3 Å². The van der Waals surface area contributed by atoms with Crippen molar-refractivity contribution in [3.05, 3.63) is 46.5 Å². The van der Waals surface area contributed by atoms with Crippen molar-refractivity contribution in [2.45, 2.75) is 13.1 Å². The van der Waals surface area contributed by atoms with E-state index in [1.807, 2.05) is 5.38 Å². The molecule has 1 N–H and O–H groups in total. The van der Waals surface area contributed by atoms with Gasteiger partial charge in [-0.2, -0.15) is 0 Å². The first kappa shape index (κ1) is 11.1. The van der Waals surface area contributed by atoms with Gasteiger partial charge >= 0.3 is 0 Å². The quantitative estimate of drug-likeness (QED) is 0.890. The third-order valence-corrected chi connectivity index (χ3v) is 2.58. The molecule has 0 radical (unpaired) electrons. The van der Waals surface area contributed by atoms with Gasteiger partial charge in [-0.05, 0) is 29.2 Å². The molecule has 1 aromatic heterocycles. The largest absolute Gasteiger partial charge is 0.307 e. The van der Waals surface area contributed by atoms with Crippen LogP contribution in [0.4, 0.5) is 8.78 Å². The molecule has 0 aliphatic rings. The lowest BCUT2D eigenvalue weighted by atomic mass is 10.2. The standard InChI is InChI=1S/C10H9F2N3S/c11-9-2-1-7(3-10(9)12)4-13-5-8-6-16-15-14-8/h1-3,6,13H,4-5H2. The monoisotopic (exact) mass is 241 g/mol. The van der Waals surface area contributed by atoms with Crippen LogP contribution in [0.1, 0.15) is 11.3 Å². The molecule has 16 heavy (non-hydrogen) atoms. The topological polar surface area (TPSA) is 37.8 Å². The van der Waals surface area contributed by atoms with Gasteiger partial charge in [0.15, 0.2) is 11.6 Å². The summed E-state index contributed by atoms with van der Waals surface area (Å²) in [5, 5.41) is 8.75. The average molecular weight is 241 g/mol. The van der Waals surface area contributed by atoms with Gasteiger partial charge in [0, 0.05) is 18.5 Å². The maximum absolute atomic E-state index is 12.9. The molecular weight excluding hydrogens is 232 g/mol. The first-order valence-electron chi connectivity index (χ1n) is 4.66. The van der Waals surface area contributed by atoms with Crippen molar-refractivity contribution in [1.29, 1.82) is 0 Å². The highest BCUT2D eigenvalue weighted by atomic mass is 32.1. The molecule has 0 amide bonds. The van der Waals surface area contributed by atoms with Crippen molar-refractivity contribution < 1.29 is 8.78 Å². The molecule has 0 bridgehead atoms. The van der Waals surface area contributed by atoms with Crippen molar-refractivity contribution in [2.75, 3.05) is 0 Å². The Bertz CT molecular complexity index is 459. The molecule has 1 aromatic carbocycles. The Morgan fingerprint density at radius 2 is 2.06 bits per heavy atom. The summed E-state index contributed by atoms with van der Waals surface area (Å²) >= 11 is 1.28. The number of halogens is 2. The Morgan fingerprint density at radius 3 is 2.75 bits per heavy atom. The minimum absolute atomic E-state index is 0.467. The summed E-state index contributed by atoms with van der Waals surface area (Å²) in [7, 11) is 0. The lowest BCUT2D eigenvalue weighted by Crippen LogP contribution is -2.13. The summed E-state index contributed by atoms with van der Waals surface area (Å²) in [6.45, 7) is 1.03. The summed E-state index contributed by atoms with van der Waals surface area (Å²) in [5.74, 6) is -1.65. The second-order valence-corrected chi connectivity index (χ2v) is 3.86. The van der Waals surface area contributed by atoms with E-state index in [1.54, 1.807) is 6.07 Å². The molecule has 0 fully saturated rings. The van der Waals surface area contributed by atoms with Gasteiger partial charge in [-0.1, -0.05) is 10.6 Å². The maximum atomic E-state index is 12.9. The summed E-state index contributed by atoms with van der Waals surface area (Å²) in [5.41, 5.74) is 1.54. The van der Waals surface area contributed by atoms with E-state index in [-0.39, 0.29) is 0 Å². The Kier molecular flexibility index (Phi) is 3.53. The second-order valence-electron chi connectivity index (χ2n) is 3.25. The normalized spacial score (nSPS) is 10.6. The van der Waals surface area contributed by atoms with Crippen LogP contribution in [-0.4, -0.2) is 9.59 Å². The molecule has 0 saturated heterocycles. The van der Waals surface area contributed by atoms with Gasteiger partial charge in [0.25, 0.3) is 0 Å². The molecule has 2 aromatic rings. The Hall–Kier alpha value is -1.40. The van der Waals surface area contributed by atoms with Gasteiger partial charge in [0.2, 0.25) is 0 Å². The zero-order chi connectivity index (χ0) is 11.4. The number of aromatic nitrogens is 2. The van der Waals surface area contributed by atoms with E-state index in [0.29, 0.717) is 18.7 Å². The molecule has 0 atom stereocenters. The number of nitrogens with one attached hydrogen (secondary N) is 1. The summed E-state index contributed by atoms with van der Waals surface area (Å²) in [6.07, 6.45) is 0. The number of nitrogens with zero attached hydrogens (tertiary/aromatic N) is 2. The lowest BCUT2D eigenvalue weighted by molar-refractivity contribution is 0.506. The summed E-state index contributed by atoms with van der Waals surface area (Å²) in [4.78, 5) is 0. The smallest absolute Gasteiger partial charge is 0.159 e. The van der Waals surface area contributed by atoms with E-state index in [0.717, 1.165) is 11.8 Å². The zero-order valence-electron chi connectivity index (χ0n) is 8.28. The van der Waals surface area contributed by atoms with Crippen LogP contribution in [0.5, 0.6) is 0 Å². The predicted octanol–water partition coefficient (Wildman–Crippen LogP) is 2.11. The lowest BCUT2D eigenvalue weighted by Gasteiger charge is -2.03. The highest BCUT2D eigenvalue weighted by Crippen LogP contribution is 2.08. The molecule has 3 nitrogen and oxygen atoms in total. The first-order chi connectivity index (χ1) is 7.75. The van der Waals surface area contributed by atoms with E-state index in [1.165, 1.54) is 17.6 Å². The molecule has 0 spiro atoms. The van der Waals surface area contributed by atoms with Crippen molar-refractivity contribution in [2.24, 2.45) is 0 Å². The van der Waals surface area contributed by atoms with Gasteiger partial charge in [-0.15, -0.1) is 5.10 Å². The minimum Gasteiger partial charge on any atom is -0.307 e. The van der Waals surface area contributed by atoms with E-state index in [2.05, 4.69) is 14.9 Å². The molecule has 1 heterocycles. The van der Waals surface area contributed by atoms with E-state index >= 15 is 0 Å². The predicted molar refractivity (Wildman–Crippen MR) is 56.8 cm³/mol. The first-order valence-corrected chi connectivity index (χ1v) is 5.50. The van der Waals surface area contributed by atoms with Crippen molar-refractivity contribution in [3.8, 4) is 0 Å². The maximum Gasteiger partial charge on any atom is 0.159 e. The zero-order valence-corrected chi connectivity index (χ0v) is 9.10. The fourth-order valence-corrected chi connectivity index (χ4v) is 1.70. The van der Waals surface area contributed by atoms with Crippen LogP contribution in [0, 0.1) is 11.6 Å². The van der Waals surface area contributed by atoms with E-state index in [4.69, 9.17) is 0 Å². The Morgan fingerprint density at radius 1 is 1.19 bits per heavy atom. The van der Waals surface area contributed by atoms with Crippen LogP contribution >= 0.6 is 11.5 Å². The highest BCUT2D eigenvalue weighted by molar-refractivity contribution is 7.03. The minimum atomic E-state index is -0.826. The number of hydrogen-bond donors (Lipinski definition) is 1. The molecular formula is C10H9F2N3S. The third kappa shape index (κ3) is 2.80. The Balaban J connectivity index is 1.87. The summed E-state index contributed by atoms with van der Waals surface area (Å²) < 4.78 is 29.2. The third-order valence-electron chi connectivity index (χ3n) is 2.02. The van der Waals surface area contributed by atoms with Gasteiger partial charge in [0.05, 0.1) is 5.69 Å². The van der Waals surface area contributed by atoms with Crippen molar-refractivity contribution >= 4 is 11.5 Å². The molecule has 0 aliphatic carbocycles.